The third-order valence-corrected chi connectivity index (χ3v) is 4.04. The van der Waals surface area contributed by atoms with Crippen molar-refractivity contribution in [3.8, 4) is 11.5 Å². The largest absolute Gasteiger partial charge is 0.504 e. The van der Waals surface area contributed by atoms with Gasteiger partial charge in [-0.3, -0.25) is 4.90 Å². The standard InChI is InChI=1S/C19H21NO3/c1-13-17(16-5-4-6-18(21)19(16)23-13)12-20(2)11-14-7-9-15(22-3)10-8-14/h4-10,21H,11-12H2,1-3H3. The topological polar surface area (TPSA) is 45.8 Å². The fraction of sp³-hybridized carbons (Fsp3) is 0.263. The van der Waals surface area contributed by atoms with Crippen LogP contribution in [0.5, 0.6) is 11.5 Å². The molecule has 1 heterocycles. The van der Waals surface area contributed by atoms with Gasteiger partial charge in [0.25, 0.3) is 0 Å². The second-order valence-electron chi connectivity index (χ2n) is 5.81. The van der Waals surface area contributed by atoms with Crippen LogP contribution in [-0.4, -0.2) is 24.2 Å². The normalized spacial score (nSPS) is 11.3. The predicted octanol–water partition coefficient (Wildman–Crippen LogP) is 4.09. The second-order valence-corrected chi connectivity index (χ2v) is 5.81. The highest BCUT2D eigenvalue weighted by atomic mass is 16.5. The number of hydrogen-bond donors (Lipinski definition) is 1. The SMILES string of the molecule is COc1ccc(CN(C)Cc2c(C)oc3c(O)cccc23)cc1. The number of phenols is 1. The Morgan fingerprint density at radius 1 is 1.09 bits per heavy atom. The average Bonchev–Trinajstić information content (AvgIpc) is 2.86. The maximum Gasteiger partial charge on any atom is 0.176 e. The fourth-order valence-corrected chi connectivity index (χ4v) is 2.84. The van der Waals surface area contributed by atoms with E-state index in [9.17, 15) is 5.11 Å². The lowest BCUT2D eigenvalue weighted by molar-refractivity contribution is 0.317. The summed E-state index contributed by atoms with van der Waals surface area (Å²) in [6, 6.07) is 13.6. The summed E-state index contributed by atoms with van der Waals surface area (Å²) in [7, 11) is 3.74. The van der Waals surface area contributed by atoms with Gasteiger partial charge in [0.05, 0.1) is 7.11 Å². The summed E-state index contributed by atoms with van der Waals surface area (Å²) in [6.45, 7) is 3.53. The van der Waals surface area contributed by atoms with Crippen molar-refractivity contribution in [1.29, 1.82) is 0 Å². The number of hydrogen-bond acceptors (Lipinski definition) is 4. The molecule has 0 saturated heterocycles. The molecule has 1 N–H and O–H groups in total. The predicted molar refractivity (Wildman–Crippen MR) is 90.8 cm³/mol. The van der Waals surface area contributed by atoms with Crippen LogP contribution in [0.15, 0.2) is 46.9 Å². The number of fused-ring (bicyclic) bond motifs is 1. The van der Waals surface area contributed by atoms with Gasteiger partial charge in [0.15, 0.2) is 11.3 Å². The zero-order valence-electron chi connectivity index (χ0n) is 13.7. The van der Waals surface area contributed by atoms with E-state index in [0.29, 0.717) is 5.58 Å². The molecule has 0 aliphatic carbocycles. The third kappa shape index (κ3) is 3.17. The summed E-state index contributed by atoms with van der Waals surface area (Å²) < 4.78 is 10.9. The van der Waals surface area contributed by atoms with Gasteiger partial charge in [0.2, 0.25) is 0 Å². The number of nitrogens with zero attached hydrogens (tertiary/aromatic N) is 1. The second kappa shape index (κ2) is 6.34. The molecule has 0 aliphatic heterocycles. The first-order valence-electron chi connectivity index (χ1n) is 7.60. The molecule has 2 aromatic carbocycles. The fourth-order valence-electron chi connectivity index (χ4n) is 2.84. The molecule has 0 unspecified atom stereocenters. The van der Waals surface area contributed by atoms with Crippen LogP contribution in [0.2, 0.25) is 0 Å². The molecular weight excluding hydrogens is 290 g/mol. The molecule has 23 heavy (non-hydrogen) atoms. The van der Waals surface area contributed by atoms with E-state index in [0.717, 1.165) is 35.5 Å². The van der Waals surface area contributed by atoms with Crippen molar-refractivity contribution in [3.63, 3.8) is 0 Å². The number of aromatic hydroxyl groups is 1. The highest BCUT2D eigenvalue weighted by molar-refractivity contribution is 5.86. The molecule has 0 bridgehead atoms. The molecule has 0 spiro atoms. The lowest BCUT2D eigenvalue weighted by atomic mass is 10.1. The van der Waals surface area contributed by atoms with Crippen LogP contribution in [-0.2, 0) is 13.1 Å². The van der Waals surface area contributed by atoms with Gasteiger partial charge in [-0.15, -0.1) is 0 Å². The number of phenolic OH excluding ortho intramolecular Hbond substituents is 1. The smallest absolute Gasteiger partial charge is 0.176 e. The van der Waals surface area contributed by atoms with Gasteiger partial charge in [0.1, 0.15) is 11.5 Å². The minimum Gasteiger partial charge on any atom is -0.504 e. The molecule has 0 atom stereocenters. The first-order chi connectivity index (χ1) is 11.1. The summed E-state index contributed by atoms with van der Waals surface area (Å²) in [5.41, 5.74) is 2.91. The van der Waals surface area contributed by atoms with Gasteiger partial charge in [0, 0.05) is 24.0 Å². The molecule has 0 saturated carbocycles. The van der Waals surface area contributed by atoms with Crippen LogP contribution < -0.4 is 4.74 Å². The van der Waals surface area contributed by atoms with Gasteiger partial charge < -0.3 is 14.3 Å². The van der Waals surface area contributed by atoms with E-state index in [1.807, 2.05) is 31.2 Å². The van der Waals surface area contributed by atoms with Gasteiger partial charge in [-0.1, -0.05) is 24.3 Å². The van der Waals surface area contributed by atoms with Crippen molar-refractivity contribution in [2.24, 2.45) is 0 Å². The summed E-state index contributed by atoms with van der Waals surface area (Å²) in [4.78, 5) is 2.23. The first kappa shape index (κ1) is 15.4. The number of rotatable bonds is 5. The Hall–Kier alpha value is -2.46. The summed E-state index contributed by atoms with van der Waals surface area (Å²) >= 11 is 0. The minimum atomic E-state index is 0.189. The summed E-state index contributed by atoms with van der Waals surface area (Å²) in [5.74, 6) is 1.90. The molecule has 3 aromatic rings. The number of furan rings is 1. The quantitative estimate of drug-likeness (QED) is 0.771. The van der Waals surface area contributed by atoms with Crippen LogP contribution in [0.4, 0.5) is 0 Å². The van der Waals surface area contributed by atoms with Crippen molar-refractivity contribution < 1.29 is 14.3 Å². The Kier molecular flexibility index (Phi) is 4.26. The van der Waals surface area contributed by atoms with Crippen molar-refractivity contribution in [2.45, 2.75) is 20.0 Å². The molecule has 0 amide bonds. The van der Waals surface area contributed by atoms with Crippen molar-refractivity contribution >= 4 is 11.0 Å². The molecule has 1 aromatic heterocycles. The van der Waals surface area contributed by atoms with E-state index in [4.69, 9.17) is 9.15 Å². The van der Waals surface area contributed by atoms with Crippen LogP contribution in [0.1, 0.15) is 16.9 Å². The summed E-state index contributed by atoms with van der Waals surface area (Å²) in [6.07, 6.45) is 0. The summed E-state index contributed by atoms with van der Waals surface area (Å²) in [5, 5.41) is 10.9. The van der Waals surface area contributed by atoms with Crippen molar-refractivity contribution in [1.82, 2.24) is 4.90 Å². The maximum absolute atomic E-state index is 9.91. The molecule has 0 fully saturated rings. The zero-order chi connectivity index (χ0) is 16.4. The third-order valence-electron chi connectivity index (χ3n) is 4.04. The number of para-hydroxylation sites is 1. The first-order valence-corrected chi connectivity index (χ1v) is 7.60. The van der Waals surface area contributed by atoms with Crippen molar-refractivity contribution in [3.05, 3.63) is 59.4 Å². The zero-order valence-corrected chi connectivity index (χ0v) is 13.7. The number of ether oxygens (including phenoxy) is 1. The molecular formula is C19H21NO3. The van der Waals surface area contributed by atoms with E-state index in [2.05, 4.69) is 24.1 Å². The number of methoxy groups -OCH3 is 1. The lowest BCUT2D eigenvalue weighted by Gasteiger charge is -2.17. The monoisotopic (exact) mass is 311 g/mol. The number of benzene rings is 2. The molecule has 4 heteroatoms. The Morgan fingerprint density at radius 3 is 2.52 bits per heavy atom. The highest BCUT2D eigenvalue weighted by Crippen LogP contribution is 2.32. The molecule has 4 nitrogen and oxygen atoms in total. The van der Waals surface area contributed by atoms with Gasteiger partial charge in [-0.05, 0) is 37.7 Å². The van der Waals surface area contributed by atoms with E-state index in [-0.39, 0.29) is 5.75 Å². The van der Waals surface area contributed by atoms with Crippen molar-refractivity contribution in [2.75, 3.05) is 14.2 Å². The van der Waals surface area contributed by atoms with Crippen LogP contribution >= 0.6 is 0 Å². The minimum absolute atomic E-state index is 0.189. The molecule has 3 rings (SSSR count). The van der Waals surface area contributed by atoms with Gasteiger partial charge >= 0.3 is 0 Å². The molecule has 0 radical (unpaired) electrons. The molecule has 0 aliphatic rings. The maximum atomic E-state index is 9.91. The van der Waals surface area contributed by atoms with Crippen LogP contribution in [0.3, 0.4) is 0 Å². The van der Waals surface area contributed by atoms with Gasteiger partial charge in [-0.25, -0.2) is 0 Å². The Bertz CT molecular complexity index is 805. The Labute approximate surface area is 135 Å². The Morgan fingerprint density at radius 2 is 1.83 bits per heavy atom. The number of aryl methyl sites for hydroxylation is 1. The lowest BCUT2D eigenvalue weighted by Crippen LogP contribution is -2.17. The van der Waals surface area contributed by atoms with Crippen LogP contribution in [0, 0.1) is 6.92 Å². The van der Waals surface area contributed by atoms with E-state index < -0.39 is 0 Å². The van der Waals surface area contributed by atoms with E-state index in [1.165, 1.54) is 5.56 Å². The van der Waals surface area contributed by atoms with Crippen LogP contribution in [0.25, 0.3) is 11.0 Å². The highest BCUT2D eigenvalue weighted by Gasteiger charge is 2.15. The van der Waals surface area contributed by atoms with Gasteiger partial charge in [-0.2, -0.15) is 0 Å². The van der Waals surface area contributed by atoms with E-state index >= 15 is 0 Å². The Balaban J connectivity index is 1.78. The van der Waals surface area contributed by atoms with E-state index in [1.54, 1.807) is 13.2 Å². The average molecular weight is 311 g/mol. The molecule has 120 valence electrons.